The van der Waals surface area contributed by atoms with Gasteiger partial charge in [0, 0.05) is 6.92 Å². The van der Waals surface area contributed by atoms with Gasteiger partial charge in [-0.1, -0.05) is 0 Å². The average Bonchev–Trinajstić information content (AvgIpc) is 1.85. The van der Waals surface area contributed by atoms with E-state index in [0.29, 0.717) is 0 Å². The Kier molecular flexibility index (Phi) is 5.36. The van der Waals surface area contributed by atoms with E-state index >= 15 is 0 Å². The van der Waals surface area contributed by atoms with E-state index in [9.17, 15) is 13.9 Å². The second kappa shape index (κ2) is 5.46. The molecule has 0 radical (unpaired) electrons. The van der Waals surface area contributed by atoms with Crippen molar-refractivity contribution in [1.29, 1.82) is 0 Å². The Labute approximate surface area is 63.7 Å². The van der Waals surface area contributed by atoms with Crippen LogP contribution in [0.2, 0.25) is 0 Å². The summed E-state index contributed by atoms with van der Waals surface area (Å²) in [6.07, 6.45) is 0. The molecule has 9 heteroatoms. The van der Waals surface area contributed by atoms with E-state index in [2.05, 4.69) is 19.4 Å². The number of nitrogens with two attached hydrogens (primary N) is 1. The minimum Gasteiger partial charge on any atom is -0.394 e. The molecule has 2 atom stereocenters. The first-order valence-electron chi connectivity index (χ1n) is 2.37. The van der Waals surface area contributed by atoms with Crippen molar-refractivity contribution in [2.75, 3.05) is 0 Å². The lowest BCUT2D eigenvalue weighted by molar-refractivity contribution is -0.131. The zero-order chi connectivity index (χ0) is 8.85. The summed E-state index contributed by atoms with van der Waals surface area (Å²) in [5.74, 6) is 3.60. The lowest BCUT2D eigenvalue weighted by atomic mass is 10.9. The van der Waals surface area contributed by atoms with Crippen LogP contribution < -0.4 is 5.90 Å². The van der Waals surface area contributed by atoms with E-state index < -0.39 is 22.5 Å². The van der Waals surface area contributed by atoms with Crippen molar-refractivity contribution in [2.24, 2.45) is 5.90 Å². The van der Waals surface area contributed by atoms with Crippen molar-refractivity contribution in [3.63, 3.8) is 0 Å². The van der Waals surface area contributed by atoms with Crippen LogP contribution in [0, 0.1) is 0 Å². The van der Waals surface area contributed by atoms with Crippen LogP contribution in [-0.2, 0) is 27.4 Å². The largest absolute Gasteiger partial charge is 0.394 e. The van der Waals surface area contributed by atoms with Gasteiger partial charge in [0.1, 0.15) is 0 Å². The lowest BCUT2D eigenvalue weighted by Crippen LogP contribution is -1.91. The van der Waals surface area contributed by atoms with E-state index in [-0.39, 0.29) is 0 Å². The molecule has 2 unspecified atom stereocenters. The predicted octanol–water partition coefficient (Wildman–Crippen LogP) is 0.236. The number of hydrogen-bond acceptors (Lipinski definition) is 7. The zero-order valence-corrected chi connectivity index (χ0v) is 7.53. The molecule has 0 fully saturated rings. The molecule has 0 amide bonds. The monoisotopic (exact) mass is 203 g/mol. The van der Waals surface area contributed by atoms with Crippen LogP contribution in [0.3, 0.4) is 0 Å². The van der Waals surface area contributed by atoms with Gasteiger partial charge in [-0.25, -0.2) is 19.4 Å². The van der Waals surface area contributed by atoms with Crippen molar-refractivity contribution in [3.05, 3.63) is 0 Å². The van der Waals surface area contributed by atoms with Crippen LogP contribution in [0.4, 0.5) is 0 Å². The van der Waals surface area contributed by atoms with Gasteiger partial charge in [0.25, 0.3) is 0 Å². The molecule has 0 aliphatic heterocycles. The SMILES string of the molecule is CC(=O)O[PH](=O)O[PH](=O)ON. The Morgan fingerprint density at radius 3 is 2.27 bits per heavy atom. The summed E-state index contributed by atoms with van der Waals surface area (Å²) in [7, 11) is -6.06. The first-order chi connectivity index (χ1) is 5.06. The van der Waals surface area contributed by atoms with Crippen LogP contribution in [0.15, 0.2) is 0 Å². The number of rotatable bonds is 4. The number of carbonyl (C=O) groups excluding carboxylic acids is 1. The molecule has 11 heavy (non-hydrogen) atoms. The Morgan fingerprint density at radius 1 is 1.36 bits per heavy atom. The molecule has 0 rings (SSSR count). The molecule has 0 spiro atoms. The minimum atomic E-state index is -3.07. The van der Waals surface area contributed by atoms with E-state index in [1.54, 1.807) is 0 Å². The van der Waals surface area contributed by atoms with Gasteiger partial charge in [-0.15, -0.1) is 0 Å². The highest BCUT2D eigenvalue weighted by Crippen LogP contribution is 2.38. The highest BCUT2D eigenvalue weighted by atomic mass is 31.2. The fraction of sp³-hybridized carbons (Fsp3) is 0.500. The first-order valence-corrected chi connectivity index (χ1v) is 4.82. The highest BCUT2D eigenvalue weighted by Gasteiger charge is 2.07. The van der Waals surface area contributed by atoms with Crippen LogP contribution in [0.25, 0.3) is 0 Å². The second-order valence-electron chi connectivity index (χ2n) is 1.31. The molecule has 0 aromatic heterocycles. The topological polar surface area (TPSA) is 105 Å². The molecule has 2 N–H and O–H groups in total. The summed E-state index contributed by atoms with van der Waals surface area (Å²) < 4.78 is 32.4. The Bertz CT molecular complexity index is 191. The highest BCUT2D eigenvalue weighted by molar-refractivity contribution is 7.47. The molecule has 0 heterocycles. The average molecular weight is 203 g/mol. The molecular weight excluding hydrogens is 196 g/mol. The van der Waals surface area contributed by atoms with Crippen molar-refractivity contribution in [1.82, 2.24) is 0 Å². The fourth-order valence-electron chi connectivity index (χ4n) is 0.230. The summed E-state index contributed by atoms with van der Waals surface area (Å²) in [6, 6.07) is 0. The maximum atomic E-state index is 10.4. The Morgan fingerprint density at radius 2 is 1.91 bits per heavy atom. The van der Waals surface area contributed by atoms with Gasteiger partial charge >= 0.3 is 22.5 Å². The van der Waals surface area contributed by atoms with Crippen molar-refractivity contribution in [3.8, 4) is 0 Å². The summed E-state index contributed by atoms with van der Waals surface area (Å²) >= 11 is 0. The Balaban J connectivity index is 3.70. The molecule has 0 aromatic carbocycles. The summed E-state index contributed by atoms with van der Waals surface area (Å²) in [5, 5.41) is 0. The second-order valence-corrected chi connectivity index (χ2v) is 3.57. The van der Waals surface area contributed by atoms with Crippen LogP contribution in [0.5, 0.6) is 0 Å². The minimum absolute atomic E-state index is 0.791. The van der Waals surface area contributed by atoms with Gasteiger partial charge in [-0.3, -0.25) is 9.36 Å². The molecule has 0 aliphatic rings. The first kappa shape index (κ1) is 10.8. The smallest absolute Gasteiger partial charge is 0.377 e. The molecule has 0 aromatic rings. The van der Waals surface area contributed by atoms with Crippen molar-refractivity contribution in [2.45, 2.75) is 6.92 Å². The normalized spacial score (nSPS) is 15.5. The van der Waals surface area contributed by atoms with Crippen LogP contribution in [-0.4, -0.2) is 5.97 Å². The third-order valence-electron chi connectivity index (χ3n) is 0.490. The summed E-state index contributed by atoms with van der Waals surface area (Å²) in [4.78, 5) is 10.1. The molecular formula is C2H7NO6P2. The van der Waals surface area contributed by atoms with E-state index in [4.69, 9.17) is 0 Å². The van der Waals surface area contributed by atoms with Gasteiger partial charge in [0.05, 0.1) is 0 Å². The van der Waals surface area contributed by atoms with Crippen LogP contribution >= 0.6 is 16.5 Å². The third-order valence-corrected chi connectivity index (χ3v) is 2.47. The maximum Gasteiger partial charge on any atom is 0.377 e. The quantitative estimate of drug-likeness (QED) is 0.515. The van der Waals surface area contributed by atoms with Crippen molar-refractivity contribution >= 4 is 22.5 Å². The van der Waals surface area contributed by atoms with Gasteiger partial charge in [-0.05, 0) is 0 Å². The van der Waals surface area contributed by atoms with E-state index in [1.807, 2.05) is 0 Å². The van der Waals surface area contributed by atoms with Gasteiger partial charge in [-0.2, -0.15) is 0 Å². The van der Waals surface area contributed by atoms with E-state index in [0.717, 1.165) is 6.92 Å². The maximum absolute atomic E-state index is 10.4. The summed E-state index contributed by atoms with van der Waals surface area (Å²) in [5.41, 5.74) is 0. The number of hydrogen-bond donors (Lipinski definition) is 1. The molecule has 0 bridgehead atoms. The fourth-order valence-corrected chi connectivity index (χ4v) is 1.37. The zero-order valence-electron chi connectivity index (χ0n) is 5.53. The molecule has 66 valence electrons. The molecule has 7 nitrogen and oxygen atoms in total. The van der Waals surface area contributed by atoms with Gasteiger partial charge in [0.15, 0.2) is 0 Å². The third kappa shape index (κ3) is 6.22. The predicted molar refractivity (Wildman–Crippen MR) is 36.1 cm³/mol. The summed E-state index contributed by atoms with van der Waals surface area (Å²) in [6.45, 7) is 1.03. The molecule has 0 aliphatic carbocycles. The molecule has 0 saturated heterocycles. The van der Waals surface area contributed by atoms with Gasteiger partial charge in [0.2, 0.25) is 0 Å². The number of carbonyl (C=O) groups is 1. The van der Waals surface area contributed by atoms with E-state index in [1.165, 1.54) is 0 Å². The van der Waals surface area contributed by atoms with Crippen molar-refractivity contribution < 1.29 is 27.4 Å². The lowest BCUT2D eigenvalue weighted by Gasteiger charge is -2.00. The molecule has 0 saturated carbocycles. The van der Waals surface area contributed by atoms with Gasteiger partial charge < -0.3 is 4.52 Å². The standard InChI is InChI=1S/C2H7NO6P2/c1-2(4)7-10(5)9-11(6)8-3/h10-11H,3H2,1H3. The Hall–Kier alpha value is -0.190. The van der Waals surface area contributed by atoms with Crippen LogP contribution in [0.1, 0.15) is 6.92 Å².